The van der Waals surface area contributed by atoms with Crippen molar-refractivity contribution in [2.45, 2.75) is 12.8 Å². The summed E-state index contributed by atoms with van der Waals surface area (Å²) in [6.07, 6.45) is 4.53. The topological polar surface area (TPSA) is 58.6 Å². The molecule has 0 bridgehead atoms. The van der Waals surface area contributed by atoms with E-state index in [0.29, 0.717) is 12.4 Å². The Labute approximate surface area is 118 Å². The van der Waals surface area contributed by atoms with Gasteiger partial charge in [-0.1, -0.05) is 6.07 Å². The van der Waals surface area contributed by atoms with Gasteiger partial charge in [0.1, 0.15) is 12.4 Å². The molecule has 0 saturated carbocycles. The molecule has 0 saturated heterocycles. The zero-order valence-electron chi connectivity index (χ0n) is 11.2. The highest BCUT2D eigenvalue weighted by molar-refractivity contribution is 7.98. The molecule has 0 amide bonds. The van der Waals surface area contributed by atoms with E-state index >= 15 is 0 Å². The molecule has 1 rings (SSSR count). The molecule has 0 unspecified atom stereocenters. The van der Waals surface area contributed by atoms with Crippen LogP contribution in [0.4, 0.5) is 0 Å². The van der Waals surface area contributed by atoms with Crippen LogP contribution in [0, 0.1) is 0 Å². The van der Waals surface area contributed by atoms with Gasteiger partial charge in [-0.2, -0.15) is 11.8 Å². The Morgan fingerprint density at radius 2 is 2.21 bits per heavy atom. The van der Waals surface area contributed by atoms with Gasteiger partial charge in [0.2, 0.25) is 0 Å². The Balaban J connectivity index is 2.12. The van der Waals surface area contributed by atoms with Gasteiger partial charge in [0.25, 0.3) is 0 Å². The average Bonchev–Trinajstić information content (AvgIpc) is 2.42. The van der Waals surface area contributed by atoms with Crippen LogP contribution < -0.4 is 10.1 Å². The summed E-state index contributed by atoms with van der Waals surface area (Å²) in [5.41, 5.74) is 0.252. The van der Waals surface area contributed by atoms with Crippen molar-refractivity contribution < 1.29 is 14.6 Å². The van der Waals surface area contributed by atoms with Gasteiger partial charge in [0.15, 0.2) is 0 Å². The van der Waals surface area contributed by atoms with Crippen LogP contribution in [0.2, 0.25) is 0 Å². The Morgan fingerprint density at radius 3 is 2.95 bits per heavy atom. The van der Waals surface area contributed by atoms with E-state index < -0.39 is 5.97 Å². The van der Waals surface area contributed by atoms with Crippen LogP contribution in [-0.4, -0.2) is 42.8 Å². The highest BCUT2D eigenvalue weighted by Crippen LogP contribution is 2.12. The van der Waals surface area contributed by atoms with Crippen molar-refractivity contribution in [1.82, 2.24) is 5.32 Å². The summed E-state index contributed by atoms with van der Waals surface area (Å²) in [4.78, 5) is 10.8. The van der Waals surface area contributed by atoms with Gasteiger partial charge in [0, 0.05) is 6.54 Å². The number of hydrogen-bond acceptors (Lipinski definition) is 4. The fourth-order valence-corrected chi connectivity index (χ4v) is 2.07. The predicted molar refractivity (Wildman–Crippen MR) is 79.4 cm³/mol. The molecule has 1 aromatic carbocycles. The summed E-state index contributed by atoms with van der Waals surface area (Å²) in [6.45, 7) is 2.32. The van der Waals surface area contributed by atoms with E-state index in [2.05, 4.69) is 11.6 Å². The van der Waals surface area contributed by atoms with Gasteiger partial charge in [-0.3, -0.25) is 0 Å². The van der Waals surface area contributed by atoms with Crippen molar-refractivity contribution in [3.63, 3.8) is 0 Å². The fourth-order valence-electron chi connectivity index (χ4n) is 1.58. The van der Waals surface area contributed by atoms with Crippen LogP contribution in [0.15, 0.2) is 24.3 Å². The Hall–Kier alpha value is -1.20. The van der Waals surface area contributed by atoms with E-state index in [4.69, 9.17) is 9.84 Å². The van der Waals surface area contributed by atoms with Crippen molar-refractivity contribution in [3.8, 4) is 5.75 Å². The van der Waals surface area contributed by atoms with Gasteiger partial charge in [-0.25, -0.2) is 4.79 Å². The molecule has 0 aliphatic heterocycles. The van der Waals surface area contributed by atoms with Crippen molar-refractivity contribution in [3.05, 3.63) is 29.8 Å². The van der Waals surface area contributed by atoms with E-state index in [1.54, 1.807) is 24.3 Å². The summed E-state index contributed by atoms with van der Waals surface area (Å²) >= 11 is 1.87. The molecule has 0 heterocycles. The fraction of sp³-hybridized carbons (Fsp3) is 0.500. The number of hydrogen-bond donors (Lipinski definition) is 2. The standard InChI is InChI=1S/C14H21NO3S/c1-19-10-3-2-7-15-8-9-18-13-6-4-5-12(11-13)14(16)17/h4-6,11,15H,2-3,7-10H2,1H3,(H,16,17). The van der Waals surface area contributed by atoms with Gasteiger partial charge in [-0.05, 0) is 49.6 Å². The molecule has 106 valence electrons. The quantitative estimate of drug-likeness (QED) is 0.646. The summed E-state index contributed by atoms with van der Waals surface area (Å²) in [7, 11) is 0. The number of rotatable bonds is 10. The highest BCUT2D eigenvalue weighted by atomic mass is 32.2. The highest BCUT2D eigenvalue weighted by Gasteiger charge is 2.03. The van der Waals surface area contributed by atoms with Crippen molar-refractivity contribution in [2.75, 3.05) is 31.7 Å². The third kappa shape index (κ3) is 7.08. The third-order valence-electron chi connectivity index (χ3n) is 2.58. The first-order valence-corrected chi connectivity index (χ1v) is 7.79. The van der Waals surface area contributed by atoms with Crippen molar-refractivity contribution in [1.29, 1.82) is 0 Å². The lowest BCUT2D eigenvalue weighted by Crippen LogP contribution is -2.22. The number of benzene rings is 1. The molecule has 1 aromatic rings. The number of carboxylic acids is 1. The van der Waals surface area contributed by atoms with E-state index in [1.165, 1.54) is 18.6 Å². The normalized spacial score (nSPS) is 10.4. The van der Waals surface area contributed by atoms with Gasteiger partial charge in [0.05, 0.1) is 5.56 Å². The number of carbonyl (C=O) groups is 1. The SMILES string of the molecule is CSCCCCNCCOc1cccc(C(=O)O)c1. The van der Waals surface area contributed by atoms with Crippen LogP contribution in [-0.2, 0) is 0 Å². The summed E-state index contributed by atoms with van der Waals surface area (Å²) in [5, 5.41) is 12.2. The van der Waals surface area contributed by atoms with Gasteiger partial charge in [-0.15, -0.1) is 0 Å². The minimum Gasteiger partial charge on any atom is -0.492 e. The second kappa shape index (κ2) is 9.69. The molecular weight excluding hydrogens is 262 g/mol. The molecule has 0 aromatic heterocycles. The molecule has 5 heteroatoms. The molecule has 0 atom stereocenters. The molecule has 0 aliphatic carbocycles. The minimum absolute atomic E-state index is 0.252. The smallest absolute Gasteiger partial charge is 0.335 e. The largest absolute Gasteiger partial charge is 0.492 e. The Kier molecular flexibility index (Phi) is 8.09. The number of aromatic carboxylic acids is 1. The predicted octanol–water partition coefficient (Wildman–Crippen LogP) is 2.50. The first-order chi connectivity index (χ1) is 9.24. The minimum atomic E-state index is -0.933. The maximum Gasteiger partial charge on any atom is 0.335 e. The molecule has 0 aliphatic rings. The second-order valence-corrected chi connectivity index (χ2v) is 5.12. The summed E-state index contributed by atoms with van der Waals surface area (Å²) in [6, 6.07) is 6.56. The Bertz CT molecular complexity index is 385. The monoisotopic (exact) mass is 283 g/mol. The maximum atomic E-state index is 10.8. The summed E-state index contributed by atoms with van der Waals surface area (Å²) < 4.78 is 5.49. The van der Waals surface area contributed by atoms with Crippen LogP contribution in [0.5, 0.6) is 5.75 Å². The number of carboxylic acid groups (broad SMARTS) is 1. The number of nitrogens with one attached hydrogen (secondary N) is 1. The molecular formula is C14H21NO3S. The van der Waals surface area contributed by atoms with E-state index in [0.717, 1.165) is 13.1 Å². The summed E-state index contributed by atoms with van der Waals surface area (Å²) in [5.74, 6) is 0.877. The zero-order chi connectivity index (χ0) is 13.9. The molecule has 0 fully saturated rings. The van der Waals surface area contributed by atoms with Gasteiger partial charge < -0.3 is 15.2 Å². The third-order valence-corrected chi connectivity index (χ3v) is 3.28. The van der Waals surface area contributed by atoms with Crippen molar-refractivity contribution in [2.24, 2.45) is 0 Å². The lowest BCUT2D eigenvalue weighted by Gasteiger charge is -2.08. The lowest BCUT2D eigenvalue weighted by molar-refractivity contribution is 0.0696. The molecule has 19 heavy (non-hydrogen) atoms. The van der Waals surface area contributed by atoms with Crippen LogP contribution in [0.3, 0.4) is 0 Å². The Morgan fingerprint density at radius 1 is 1.37 bits per heavy atom. The first kappa shape index (κ1) is 15.9. The molecule has 0 radical (unpaired) electrons. The number of unbranched alkanes of at least 4 members (excludes halogenated alkanes) is 1. The van der Waals surface area contributed by atoms with E-state index in [9.17, 15) is 4.79 Å². The van der Waals surface area contributed by atoms with E-state index in [-0.39, 0.29) is 5.56 Å². The van der Waals surface area contributed by atoms with Gasteiger partial charge >= 0.3 is 5.97 Å². The first-order valence-electron chi connectivity index (χ1n) is 6.40. The van der Waals surface area contributed by atoms with Crippen LogP contribution >= 0.6 is 11.8 Å². The number of ether oxygens (including phenoxy) is 1. The van der Waals surface area contributed by atoms with Crippen LogP contribution in [0.1, 0.15) is 23.2 Å². The molecule has 2 N–H and O–H groups in total. The van der Waals surface area contributed by atoms with Crippen LogP contribution in [0.25, 0.3) is 0 Å². The molecule has 4 nitrogen and oxygen atoms in total. The van der Waals surface area contributed by atoms with E-state index in [1.807, 2.05) is 11.8 Å². The average molecular weight is 283 g/mol. The molecule has 0 spiro atoms. The second-order valence-electron chi connectivity index (χ2n) is 4.13. The zero-order valence-corrected chi connectivity index (χ0v) is 12.0. The lowest BCUT2D eigenvalue weighted by atomic mass is 10.2. The number of thioether (sulfide) groups is 1. The maximum absolute atomic E-state index is 10.8. The van der Waals surface area contributed by atoms with Crippen molar-refractivity contribution >= 4 is 17.7 Å².